The van der Waals surface area contributed by atoms with Crippen molar-refractivity contribution in [3.8, 4) is 0 Å². The van der Waals surface area contributed by atoms with E-state index in [0.29, 0.717) is 25.3 Å². The molecule has 0 radical (unpaired) electrons. The first kappa shape index (κ1) is 9.68. The van der Waals surface area contributed by atoms with Crippen LogP contribution in [0.3, 0.4) is 0 Å². The van der Waals surface area contributed by atoms with Gasteiger partial charge in [-0.25, -0.2) is 4.39 Å². The maximum atomic E-state index is 13.5. The van der Waals surface area contributed by atoms with Gasteiger partial charge in [-0.2, -0.15) is 0 Å². The minimum atomic E-state index is -0.145. The highest BCUT2D eigenvalue weighted by Crippen LogP contribution is 2.23. The molecule has 1 saturated heterocycles. The van der Waals surface area contributed by atoms with Gasteiger partial charge in [0.05, 0.1) is 18.9 Å². The summed E-state index contributed by atoms with van der Waals surface area (Å²) in [6, 6.07) is -0.0488. The van der Waals surface area contributed by atoms with E-state index < -0.39 is 0 Å². The van der Waals surface area contributed by atoms with Crippen LogP contribution in [0.4, 0.5) is 4.39 Å². The number of ether oxygens (including phenoxy) is 1. The first-order valence-electron chi connectivity index (χ1n) is 4.93. The molecule has 0 saturated carbocycles. The van der Waals surface area contributed by atoms with Crippen LogP contribution in [0.5, 0.6) is 0 Å². The summed E-state index contributed by atoms with van der Waals surface area (Å²) in [4.78, 5) is 1.99. The summed E-state index contributed by atoms with van der Waals surface area (Å²) in [6.07, 6.45) is 3.97. The summed E-state index contributed by atoms with van der Waals surface area (Å²) in [5.41, 5.74) is 6.39. The molecule has 1 fully saturated rings. The fourth-order valence-corrected chi connectivity index (χ4v) is 1.76. The molecule has 0 bridgehead atoms. The average molecular weight is 198 g/mol. The summed E-state index contributed by atoms with van der Waals surface area (Å²) in [5, 5.41) is 0. The molecule has 2 rings (SSSR count). The van der Waals surface area contributed by atoms with Crippen molar-refractivity contribution in [1.29, 1.82) is 0 Å². The molecule has 1 unspecified atom stereocenters. The van der Waals surface area contributed by atoms with Gasteiger partial charge in [0.25, 0.3) is 0 Å². The number of hydrogen-bond donors (Lipinski definition) is 1. The minimum absolute atomic E-state index is 0.0488. The van der Waals surface area contributed by atoms with E-state index in [2.05, 4.69) is 0 Å². The number of morpholine rings is 1. The Morgan fingerprint density at radius 2 is 2.14 bits per heavy atom. The number of hydrogen-bond acceptors (Lipinski definition) is 3. The van der Waals surface area contributed by atoms with E-state index in [4.69, 9.17) is 10.5 Å². The lowest BCUT2D eigenvalue weighted by Gasteiger charge is -2.32. The van der Waals surface area contributed by atoms with Crippen molar-refractivity contribution >= 4 is 0 Å². The number of nitrogens with zero attached hydrogens (tertiary/aromatic N) is 1. The second-order valence-corrected chi connectivity index (χ2v) is 3.60. The van der Waals surface area contributed by atoms with E-state index in [-0.39, 0.29) is 11.9 Å². The summed E-state index contributed by atoms with van der Waals surface area (Å²) in [5.74, 6) is -0.145. The van der Waals surface area contributed by atoms with Gasteiger partial charge in [-0.3, -0.25) is 0 Å². The van der Waals surface area contributed by atoms with Gasteiger partial charge < -0.3 is 15.4 Å². The Morgan fingerprint density at radius 1 is 1.43 bits per heavy atom. The van der Waals surface area contributed by atoms with Crippen molar-refractivity contribution in [3.63, 3.8) is 0 Å². The molecule has 3 nitrogen and oxygen atoms in total. The zero-order valence-electron chi connectivity index (χ0n) is 8.08. The van der Waals surface area contributed by atoms with Gasteiger partial charge in [0, 0.05) is 19.1 Å². The molecule has 1 aliphatic heterocycles. The Labute approximate surface area is 83.0 Å². The van der Waals surface area contributed by atoms with Crippen LogP contribution >= 0.6 is 0 Å². The normalized spacial score (nSPS) is 28.4. The van der Waals surface area contributed by atoms with Gasteiger partial charge in [0.15, 0.2) is 0 Å². The first-order valence-corrected chi connectivity index (χ1v) is 4.93. The van der Waals surface area contributed by atoms with Crippen LogP contribution in [-0.4, -0.2) is 37.2 Å². The van der Waals surface area contributed by atoms with Crippen molar-refractivity contribution in [2.75, 3.05) is 26.3 Å². The molecule has 0 amide bonds. The van der Waals surface area contributed by atoms with E-state index in [1.54, 1.807) is 12.2 Å². The SMILES string of the molecule is NC1C=C(N2CCOCC2)C(F)=CC1. The van der Waals surface area contributed by atoms with Gasteiger partial charge in [-0.05, 0) is 18.6 Å². The fraction of sp³-hybridized carbons (Fsp3) is 0.600. The van der Waals surface area contributed by atoms with Gasteiger partial charge in [0.1, 0.15) is 5.83 Å². The lowest BCUT2D eigenvalue weighted by molar-refractivity contribution is 0.0530. The third kappa shape index (κ3) is 1.96. The zero-order valence-corrected chi connectivity index (χ0v) is 8.08. The zero-order chi connectivity index (χ0) is 9.97. The van der Waals surface area contributed by atoms with Crippen LogP contribution in [0.25, 0.3) is 0 Å². The molecule has 0 aromatic heterocycles. The van der Waals surface area contributed by atoms with Crippen molar-refractivity contribution in [2.45, 2.75) is 12.5 Å². The summed E-state index contributed by atoms with van der Waals surface area (Å²) in [6.45, 7) is 2.83. The number of allylic oxidation sites excluding steroid dienone is 1. The molecule has 2 N–H and O–H groups in total. The molecule has 2 aliphatic rings. The van der Waals surface area contributed by atoms with Gasteiger partial charge in [-0.15, -0.1) is 0 Å². The Hall–Kier alpha value is -0.870. The summed E-state index contributed by atoms with van der Waals surface area (Å²) in [7, 11) is 0. The molecule has 0 aromatic carbocycles. The standard InChI is InChI=1S/C10H15FN2O/c11-9-2-1-8(12)7-10(9)13-3-5-14-6-4-13/h2,7-8H,1,3-6,12H2. The second kappa shape index (κ2) is 4.11. The molecular weight excluding hydrogens is 183 g/mol. The third-order valence-electron chi connectivity index (χ3n) is 2.54. The van der Waals surface area contributed by atoms with Crippen LogP contribution in [0, 0.1) is 0 Å². The molecule has 0 aromatic rings. The monoisotopic (exact) mass is 198 g/mol. The Bertz CT molecular complexity index is 269. The molecule has 0 spiro atoms. The topological polar surface area (TPSA) is 38.5 Å². The second-order valence-electron chi connectivity index (χ2n) is 3.60. The maximum Gasteiger partial charge on any atom is 0.142 e. The Balaban J connectivity index is 2.10. The molecule has 1 aliphatic carbocycles. The molecule has 1 atom stereocenters. The van der Waals surface area contributed by atoms with Crippen LogP contribution in [0.2, 0.25) is 0 Å². The third-order valence-corrected chi connectivity index (χ3v) is 2.54. The number of nitrogens with two attached hydrogens (primary N) is 1. The highest BCUT2D eigenvalue weighted by molar-refractivity contribution is 5.30. The molecule has 1 heterocycles. The smallest absolute Gasteiger partial charge is 0.142 e. The maximum absolute atomic E-state index is 13.5. The van der Waals surface area contributed by atoms with E-state index in [1.807, 2.05) is 4.90 Å². The number of rotatable bonds is 1. The van der Waals surface area contributed by atoms with E-state index in [9.17, 15) is 4.39 Å². The summed E-state index contributed by atoms with van der Waals surface area (Å²) >= 11 is 0. The summed E-state index contributed by atoms with van der Waals surface area (Å²) < 4.78 is 18.7. The highest BCUT2D eigenvalue weighted by atomic mass is 19.1. The van der Waals surface area contributed by atoms with E-state index in [0.717, 1.165) is 13.1 Å². The lowest BCUT2D eigenvalue weighted by atomic mass is 10.1. The van der Waals surface area contributed by atoms with Gasteiger partial charge in [-0.1, -0.05) is 0 Å². The van der Waals surface area contributed by atoms with Crippen LogP contribution in [-0.2, 0) is 4.74 Å². The van der Waals surface area contributed by atoms with Crippen molar-refractivity contribution < 1.29 is 9.13 Å². The molecule has 14 heavy (non-hydrogen) atoms. The van der Waals surface area contributed by atoms with Crippen LogP contribution < -0.4 is 5.73 Å². The Kier molecular flexibility index (Phi) is 2.84. The minimum Gasteiger partial charge on any atom is -0.378 e. The van der Waals surface area contributed by atoms with Gasteiger partial charge >= 0.3 is 0 Å². The average Bonchev–Trinajstić information content (AvgIpc) is 2.23. The molecular formula is C10H15FN2O. The fourth-order valence-electron chi connectivity index (χ4n) is 1.76. The first-order chi connectivity index (χ1) is 6.77. The highest BCUT2D eigenvalue weighted by Gasteiger charge is 2.20. The van der Waals surface area contributed by atoms with Crippen molar-refractivity contribution in [1.82, 2.24) is 4.90 Å². The van der Waals surface area contributed by atoms with Crippen molar-refractivity contribution in [3.05, 3.63) is 23.7 Å². The van der Waals surface area contributed by atoms with Gasteiger partial charge in [0.2, 0.25) is 0 Å². The van der Waals surface area contributed by atoms with Crippen LogP contribution in [0.15, 0.2) is 23.7 Å². The molecule has 78 valence electrons. The predicted octanol–water partition coefficient (Wildman–Crippen LogP) is 0.787. The van der Waals surface area contributed by atoms with E-state index >= 15 is 0 Å². The number of halogens is 1. The van der Waals surface area contributed by atoms with Crippen molar-refractivity contribution in [2.24, 2.45) is 5.73 Å². The quantitative estimate of drug-likeness (QED) is 0.677. The molecule has 4 heteroatoms. The van der Waals surface area contributed by atoms with E-state index in [1.165, 1.54) is 0 Å². The van der Waals surface area contributed by atoms with Crippen LogP contribution in [0.1, 0.15) is 6.42 Å². The largest absolute Gasteiger partial charge is 0.378 e. The Morgan fingerprint density at radius 3 is 2.86 bits per heavy atom. The predicted molar refractivity (Wildman–Crippen MR) is 52.3 cm³/mol. The lowest BCUT2D eigenvalue weighted by Crippen LogP contribution is -2.37.